The second kappa shape index (κ2) is 4.89. The normalized spacial score (nSPS) is 18.4. The van der Waals surface area contributed by atoms with Crippen LogP contribution < -0.4 is 10.6 Å². The van der Waals surface area contributed by atoms with Crippen molar-refractivity contribution in [3.8, 4) is 6.07 Å². The van der Waals surface area contributed by atoms with Crippen molar-refractivity contribution in [3.05, 3.63) is 23.8 Å². The number of rotatable bonds is 2. The number of hydrogen-bond acceptors (Lipinski definition) is 3. The van der Waals surface area contributed by atoms with E-state index in [1.54, 1.807) is 0 Å². The van der Waals surface area contributed by atoms with Crippen LogP contribution in [-0.4, -0.2) is 13.1 Å². The van der Waals surface area contributed by atoms with Crippen LogP contribution in [0.5, 0.6) is 0 Å². The van der Waals surface area contributed by atoms with Crippen molar-refractivity contribution in [1.82, 2.24) is 0 Å². The fourth-order valence-corrected chi connectivity index (χ4v) is 2.67. The largest absolute Gasteiger partial charge is 0.398 e. The topological polar surface area (TPSA) is 53.0 Å². The van der Waals surface area contributed by atoms with Gasteiger partial charge in [-0.3, -0.25) is 0 Å². The van der Waals surface area contributed by atoms with Crippen LogP contribution in [0.25, 0.3) is 0 Å². The molecule has 0 radical (unpaired) electrons. The molecule has 0 bridgehead atoms. The Labute approximate surface area is 109 Å². The number of nitrogen functional groups attached to an aromatic ring is 1. The van der Waals surface area contributed by atoms with E-state index in [9.17, 15) is 0 Å². The van der Waals surface area contributed by atoms with Crippen LogP contribution in [0, 0.1) is 16.7 Å². The molecule has 1 aliphatic heterocycles. The average Bonchev–Trinajstić information content (AvgIpc) is 2.31. The van der Waals surface area contributed by atoms with Gasteiger partial charge in [0.2, 0.25) is 0 Å². The zero-order chi connectivity index (χ0) is 13.2. The molecule has 0 spiro atoms. The number of benzene rings is 1. The molecule has 0 saturated carbocycles. The molecule has 18 heavy (non-hydrogen) atoms. The summed E-state index contributed by atoms with van der Waals surface area (Å²) < 4.78 is 0. The number of hydrogen-bond donors (Lipinski definition) is 1. The Bertz CT molecular complexity index is 471. The minimum absolute atomic E-state index is 0.370. The fraction of sp³-hybridized carbons (Fsp3) is 0.533. The van der Waals surface area contributed by atoms with E-state index in [0.29, 0.717) is 11.8 Å². The number of nitrogens with zero attached hydrogens (tertiary/aromatic N) is 2. The molecule has 3 heteroatoms. The molecule has 1 aromatic carbocycles. The van der Waals surface area contributed by atoms with Crippen molar-refractivity contribution in [2.24, 2.45) is 5.41 Å². The van der Waals surface area contributed by atoms with E-state index in [0.717, 1.165) is 24.3 Å². The Kier molecular flexibility index (Phi) is 3.47. The Hall–Kier alpha value is -1.69. The Morgan fingerprint density at radius 1 is 1.44 bits per heavy atom. The third kappa shape index (κ3) is 2.76. The molecule has 0 atom stereocenters. The zero-order valence-corrected chi connectivity index (χ0v) is 11.2. The first-order valence-corrected chi connectivity index (χ1v) is 6.52. The van der Waals surface area contributed by atoms with Gasteiger partial charge in [0.25, 0.3) is 0 Å². The molecular formula is C15H21N3. The summed E-state index contributed by atoms with van der Waals surface area (Å²) in [6.07, 6.45) is 2.89. The lowest BCUT2D eigenvalue weighted by molar-refractivity contribution is 0.293. The van der Waals surface area contributed by atoms with E-state index in [2.05, 4.69) is 36.9 Å². The average molecular weight is 243 g/mol. The lowest BCUT2D eigenvalue weighted by Crippen LogP contribution is -2.40. The molecule has 96 valence electrons. The van der Waals surface area contributed by atoms with Gasteiger partial charge in [-0.25, -0.2) is 0 Å². The highest BCUT2D eigenvalue weighted by molar-refractivity contribution is 5.59. The minimum atomic E-state index is 0.370. The Balaban J connectivity index is 2.23. The van der Waals surface area contributed by atoms with E-state index >= 15 is 0 Å². The van der Waals surface area contributed by atoms with Crippen LogP contribution >= 0.6 is 0 Å². The van der Waals surface area contributed by atoms with Gasteiger partial charge in [0.05, 0.1) is 12.5 Å². The van der Waals surface area contributed by atoms with Gasteiger partial charge in [0, 0.05) is 24.5 Å². The van der Waals surface area contributed by atoms with Gasteiger partial charge in [0.15, 0.2) is 0 Å². The summed E-state index contributed by atoms with van der Waals surface area (Å²) >= 11 is 0. The van der Waals surface area contributed by atoms with Gasteiger partial charge in [-0.1, -0.05) is 13.8 Å². The highest BCUT2D eigenvalue weighted by atomic mass is 15.1. The highest BCUT2D eigenvalue weighted by Gasteiger charge is 2.26. The third-order valence-electron chi connectivity index (χ3n) is 3.66. The quantitative estimate of drug-likeness (QED) is 0.812. The van der Waals surface area contributed by atoms with Crippen LogP contribution in [0.1, 0.15) is 32.3 Å². The molecule has 0 unspecified atom stereocenters. The van der Waals surface area contributed by atoms with Crippen molar-refractivity contribution in [3.63, 3.8) is 0 Å². The first kappa shape index (κ1) is 12.8. The van der Waals surface area contributed by atoms with E-state index in [4.69, 9.17) is 11.0 Å². The Morgan fingerprint density at radius 2 is 2.22 bits per heavy atom. The van der Waals surface area contributed by atoms with Gasteiger partial charge in [-0.2, -0.15) is 5.26 Å². The van der Waals surface area contributed by atoms with Crippen molar-refractivity contribution in [2.45, 2.75) is 33.1 Å². The molecule has 0 amide bonds. The molecule has 0 aliphatic carbocycles. The van der Waals surface area contributed by atoms with Gasteiger partial charge in [-0.15, -0.1) is 0 Å². The van der Waals surface area contributed by atoms with Gasteiger partial charge in [-0.05, 0) is 42.0 Å². The summed E-state index contributed by atoms with van der Waals surface area (Å²) in [6.45, 7) is 6.79. The van der Waals surface area contributed by atoms with Crippen LogP contribution in [0.15, 0.2) is 18.2 Å². The van der Waals surface area contributed by atoms with Crippen molar-refractivity contribution in [2.75, 3.05) is 23.7 Å². The van der Waals surface area contributed by atoms with Crippen LogP contribution in [0.3, 0.4) is 0 Å². The summed E-state index contributed by atoms with van der Waals surface area (Å²) in [4.78, 5) is 2.41. The predicted molar refractivity (Wildman–Crippen MR) is 75.4 cm³/mol. The second-order valence-corrected chi connectivity index (χ2v) is 5.91. The van der Waals surface area contributed by atoms with E-state index in [-0.39, 0.29) is 0 Å². The predicted octanol–water partition coefficient (Wildman–Crippen LogP) is 2.96. The van der Waals surface area contributed by atoms with E-state index < -0.39 is 0 Å². The van der Waals surface area contributed by atoms with Gasteiger partial charge < -0.3 is 10.6 Å². The first-order valence-electron chi connectivity index (χ1n) is 6.52. The lowest BCUT2D eigenvalue weighted by atomic mass is 9.84. The maximum absolute atomic E-state index is 8.81. The maximum Gasteiger partial charge on any atom is 0.0670 e. The van der Waals surface area contributed by atoms with Crippen LogP contribution in [-0.2, 0) is 6.42 Å². The van der Waals surface area contributed by atoms with Crippen molar-refractivity contribution >= 4 is 11.4 Å². The number of nitrogens with two attached hydrogens (primary N) is 1. The molecule has 1 aromatic rings. The van der Waals surface area contributed by atoms with E-state index in [1.807, 2.05) is 6.07 Å². The van der Waals surface area contributed by atoms with Crippen molar-refractivity contribution in [1.29, 1.82) is 5.26 Å². The smallest absolute Gasteiger partial charge is 0.0670 e. The summed E-state index contributed by atoms with van der Waals surface area (Å²) in [6, 6.07) is 8.23. The van der Waals surface area contributed by atoms with Crippen LogP contribution in [0.4, 0.5) is 11.4 Å². The second-order valence-electron chi connectivity index (χ2n) is 5.91. The first-order chi connectivity index (χ1) is 8.52. The molecular weight excluding hydrogens is 222 g/mol. The Morgan fingerprint density at radius 3 is 2.89 bits per heavy atom. The summed E-state index contributed by atoms with van der Waals surface area (Å²) in [7, 11) is 0. The fourth-order valence-electron chi connectivity index (χ4n) is 2.67. The number of piperidine rings is 1. The molecule has 2 N–H and O–H groups in total. The monoisotopic (exact) mass is 243 g/mol. The molecule has 2 rings (SSSR count). The molecule has 1 fully saturated rings. The molecule has 1 aliphatic rings. The van der Waals surface area contributed by atoms with Gasteiger partial charge in [0.1, 0.15) is 0 Å². The molecule has 1 heterocycles. The number of nitriles is 1. The van der Waals surface area contributed by atoms with Crippen molar-refractivity contribution < 1.29 is 0 Å². The van der Waals surface area contributed by atoms with Crippen LogP contribution in [0.2, 0.25) is 0 Å². The minimum Gasteiger partial charge on any atom is -0.398 e. The summed E-state index contributed by atoms with van der Waals surface area (Å²) in [5, 5.41) is 8.81. The highest BCUT2D eigenvalue weighted by Crippen LogP contribution is 2.32. The molecule has 3 nitrogen and oxygen atoms in total. The molecule has 0 aromatic heterocycles. The van der Waals surface area contributed by atoms with E-state index in [1.165, 1.54) is 18.5 Å². The summed E-state index contributed by atoms with van der Waals surface area (Å²) in [5.41, 5.74) is 9.12. The standard InChI is InChI=1S/C15H21N3/c1-15(2)7-3-9-18(11-15)13-4-5-14(17)12(10-13)6-8-16/h4-5,10H,3,6-7,9,11,17H2,1-2H3. The SMILES string of the molecule is CC1(C)CCCN(c2ccc(N)c(CC#N)c2)C1. The third-order valence-corrected chi connectivity index (χ3v) is 3.66. The molecule has 1 saturated heterocycles. The maximum atomic E-state index is 8.81. The number of anilines is 2. The van der Waals surface area contributed by atoms with Gasteiger partial charge >= 0.3 is 0 Å². The summed E-state index contributed by atoms with van der Waals surface area (Å²) in [5.74, 6) is 0. The lowest BCUT2D eigenvalue weighted by Gasteiger charge is -2.39. The zero-order valence-electron chi connectivity index (χ0n) is 11.2.